The van der Waals surface area contributed by atoms with Gasteiger partial charge in [0, 0.05) is 17.4 Å². The fourth-order valence-corrected chi connectivity index (χ4v) is 1.49. The van der Waals surface area contributed by atoms with E-state index in [1.807, 2.05) is 24.3 Å². The Morgan fingerprint density at radius 1 is 1.33 bits per heavy atom. The highest BCUT2D eigenvalue weighted by Gasteiger charge is 1.99. The molecule has 0 saturated heterocycles. The largest absolute Gasteiger partial charge is 0.352 e. The third-order valence-electron chi connectivity index (χ3n) is 2.16. The first-order valence-corrected chi connectivity index (χ1v) is 6.03. The third-order valence-corrected chi connectivity index (χ3v) is 2.69. The summed E-state index contributed by atoms with van der Waals surface area (Å²) in [5.74, 6) is 0.139. The van der Waals surface area contributed by atoms with Crippen molar-refractivity contribution in [1.29, 1.82) is 0 Å². The van der Waals surface area contributed by atoms with E-state index in [1.165, 1.54) is 0 Å². The van der Waals surface area contributed by atoms with Gasteiger partial charge in [0.2, 0.25) is 5.91 Å². The number of carbonyl (C=O) groups is 1. The topological polar surface area (TPSA) is 29.1 Å². The summed E-state index contributed by atoms with van der Waals surface area (Å²) in [6, 6.07) is 7.97. The van der Waals surface area contributed by atoms with Crippen LogP contribution in [0.5, 0.6) is 0 Å². The molecule has 1 amide bonds. The molecule has 0 aliphatic carbocycles. The standard InChI is InChI=1S/C12H16BrNO/c1-2-3-4-12(15)14-9-10-5-7-11(13)8-6-10/h5-8H,2-4,9H2,1H3,(H,14,15). The lowest BCUT2D eigenvalue weighted by atomic mass is 10.2. The highest BCUT2D eigenvalue weighted by Crippen LogP contribution is 2.10. The van der Waals surface area contributed by atoms with Crippen molar-refractivity contribution in [2.24, 2.45) is 0 Å². The highest BCUT2D eigenvalue weighted by molar-refractivity contribution is 9.10. The molecule has 0 saturated carbocycles. The van der Waals surface area contributed by atoms with Gasteiger partial charge in [-0.2, -0.15) is 0 Å². The Balaban J connectivity index is 2.30. The Hall–Kier alpha value is -0.830. The minimum Gasteiger partial charge on any atom is -0.352 e. The fourth-order valence-electron chi connectivity index (χ4n) is 1.23. The molecule has 15 heavy (non-hydrogen) atoms. The van der Waals surface area contributed by atoms with Crippen LogP contribution in [0.15, 0.2) is 28.7 Å². The molecule has 0 spiro atoms. The van der Waals surface area contributed by atoms with Gasteiger partial charge in [0.15, 0.2) is 0 Å². The molecule has 1 N–H and O–H groups in total. The molecule has 1 aromatic rings. The van der Waals surface area contributed by atoms with E-state index in [0.29, 0.717) is 13.0 Å². The summed E-state index contributed by atoms with van der Waals surface area (Å²) in [4.78, 5) is 11.3. The molecule has 0 aromatic heterocycles. The van der Waals surface area contributed by atoms with Crippen molar-refractivity contribution in [1.82, 2.24) is 5.32 Å². The maximum Gasteiger partial charge on any atom is 0.220 e. The summed E-state index contributed by atoms with van der Waals surface area (Å²) < 4.78 is 1.06. The summed E-state index contributed by atoms with van der Waals surface area (Å²) in [6.45, 7) is 2.71. The lowest BCUT2D eigenvalue weighted by molar-refractivity contribution is -0.121. The number of benzene rings is 1. The first kappa shape index (κ1) is 12.2. The summed E-state index contributed by atoms with van der Waals surface area (Å²) in [5, 5.41) is 2.90. The Kier molecular flexibility index (Phi) is 5.40. The maximum absolute atomic E-state index is 11.3. The lowest BCUT2D eigenvalue weighted by Gasteiger charge is -2.04. The van der Waals surface area contributed by atoms with Crippen LogP contribution in [0.25, 0.3) is 0 Å². The van der Waals surface area contributed by atoms with Gasteiger partial charge in [-0.1, -0.05) is 41.4 Å². The van der Waals surface area contributed by atoms with E-state index < -0.39 is 0 Å². The molecule has 3 heteroatoms. The Bertz CT molecular complexity index is 308. The molecule has 0 atom stereocenters. The predicted molar refractivity (Wildman–Crippen MR) is 65.5 cm³/mol. The van der Waals surface area contributed by atoms with Gasteiger partial charge in [0.25, 0.3) is 0 Å². The molecule has 0 bridgehead atoms. The average molecular weight is 270 g/mol. The van der Waals surface area contributed by atoms with Gasteiger partial charge in [-0.15, -0.1) is 0 Å². The van der Waals surface area contributed by atoms with Gasteiger partial charge in [0.1, 0.15) is 0 Å². The van der Waals surface area contributed by atoms with Crippen molar-refractivity contribution in [3.63, 3.8) is 0 Å². The van der Waals surface area contributed by atoms with E-state index in [-0.39, 0.29) is 5.91 Å². The molecule has 0 fully saturated rings. The van der Waals surface area contributed by atoms with Crippen LogP contribution in [0.4, 0.5) is 0 Å². The van der Waals surface area contributed by atoms with Gasteiger partial charge in [-0.25, -0.2) is 0 Å². The van der Waals surface area contributed by atoms with Gasteiger partial charge in [-0.05, 0) is 24.1 Å². The molecule has 1 aromatic carbocycles. The smallest absolute Gasteiger partial charge is 0.220 e. The van der Waals surface area contributed by atoms with Crippen LogP contribution in [-0.2, 0) is 11.3 Å². The summed E-state index contributed by atoms with van der Waals surface area (Å²) in [6.07, 6.45) is 2.66. The summed E-state index contributed by atoms with van der Waals surface area (Å²) >= 11 is 3.37. The van der Waals surface area contributed by atoms with Crippen molar-refractivity contribution in [2.45, 2.75) is 32.7 Å². The van der Waals surface area contributed by atoms with Gasteiger partial charge >= 0.3 is 0 Å². The van der Waals surface area contributed by atoms with Crippen LogP contribution in [-0.4, -0.2) is 5.91 Å². The minimum atomic E-state index is 0.139. The number of hydrogen-bond acceptors (Lipinski definition) is 1. The molecule has 1 rings (SSSR count). The number of unbranched alkanes of at least 4 members (excludes halogenated alkanes) is 1. The maximum atomic E-state index is 11.3. The SMILES string of the molecule is CCCCC(=O)NCc1ccc(Br)cc1. The molecule has 2 nitrogen and oxygen atoms in total. The fraction of sp³-hybridized carbons (Fsp3) is 0.417. The minimum absolute atomic E-state index is 0.139. The Morgan fingerprint density at radius 2 is 2.00 bits per heavy atom. The number of nitrogens with one attached hydrogen (secondary N) is 1. The van der Waals surface area contributed by atoms with Crippen molar-refractivity contribution in [2.75, 3.05) is 0 Å². The van der Waals surface area contributed by atoms with E-state index in [2.05, 4.69) is 28.2 Å². The number of carbonyl (C=O) groups excluding carboxylic acids is 1. The van der Waals surface area contributed by atoms with Crippen molar-refractivity contribution in [3.05, 3.63) is 34.3 Å². The zero-order valence-corrected chi connectivity index (χ0v) is 10.5. The van der Waals surface area contributed by atoms with Crippen LogP contribution >= 0.6 is 15.9 Å². The number of rotatable bonds is 5. The molecule has 0 heterocycles. The highest BCUT2D eigenvalue weighted by atomic mass is 79.9. The second-order valence-corrected chi connectivity index (χ2v) is 4.42. The number of amides is 1. The van der Waals surface area contributed by atoms with Crippen molar-refractivity contribution < 1.29 is 4.79 Å². The van der Waals surface area contributed by atoms with Crippen LogP contribution in [0.2, 0.25) is 0 Å². The van der Waals surface area contributed by atoms with Crippen LogP contribution in [0.3, 0.4) is 0 Å². The normalized spacial score (nSPS) is 10.0. The number of hydrogen-bond donors (Lipinski definition) is 1. The zero-order chi connectivity index (χ0) is 11.1. The quantitative estimate of drug-likeness (QED) is 0.874. The Morgan fingerprint density at radius 3 is 2.60 bits per heavy atom. The van der Waals surface area contributed by atoms with E-state index in [4.69, 9.17) is 0 Å². The molecule has 0 aliphatic rings. The Labute approximate surface area is 99.2 Å². The van der Waals surface area contributed by atoms with Crippen LogP contribution in [0.1, 0.15) is 31.7 Å². The number of halogens is 1. The first-order chi connectivity index (χ1) is 7.22. The average Bonchev–Trinajstić information content (AvgIpc) is 2.25. The monoisotopic (exact) mass is 269 g/mol. The van der Waals surface area contributed by atoms with E-state index >= 15 is 0 Å². The molecular weight excluding hydrogens is 254 g/mol. The molecule has 82 valence electrons. The lowest BCUT2D eigenvalue weighted by Crippen LogP contribution is -2.22. The van der Waals surface area contributed by atoms with E-state index in [9.17, 15) is 4.79 Å². The molecule has 0 unspecified atom stereocenters. The molecule has 0 aliphatic heterocycles. The predicted octanol–water partition coefficient (Wildman–Crippen LogP) is 3.26. The van der Waals surface area contributed by atoms with Crippen LogP contribution < -0.4 is 5.32 Å². The van der Waals surface area contributed by atoms with Crippen LogP contribution in [0, 0.1) is 0 Å². The molecular formula is C12H16BrNO. The summed E-state index contributed by atoms with van der Waals surface area (Å²) in [5.41, 5.74) is 1.13. The first-order valence-electron chi connectivity index (χ1n) is 5.23. The summed E-state index contributed by atoms with van der Waals surface area (Å²) in [7, 11) is 0. The van der Waals surface area contributed by atoms with Gasteiger partial charge < -0.3 is 5.32 Å². The van der Waals surface area contributed by atoms with Gasteiger partial charge in [0.05, 0.1) is 0 Å². The van der Waals surface area contributed by atoms with Crippen molar-refractivity contribution in [3.8, 4) is 0 Å². The van der Waals surface area contributed by atoms with E-state index in [1.54, 1.807) is 0 Å². The van der Waals surface area contributed by atoms with Crippen molar-refractivity contribution >= 4 is 21.8 Å². The van der Waals surface area contributed by atoms with E-state index in [0.717, 1.165) is 22.9 Å². The zero-order valence-electron chi connectivity index (χ0n) is 8.92. The second kappa shape index (κ2) is 6.62. The van der Waals surface area contributed by atoms with Gasteiger partial charge in [-0.3, -0.25) is 4.79 Å². The second-order valence-electron chi connectivity index (χ2n) is 3.51. The third kappa shape index (κ3) is 4.98. The molecule has 0 radical (unpaired) electrons.